The molecule has 2 rings (SSSR count). The number of nitrogens with one attached hydrogen (secondary N) is 1. The average Bonchev–Trinajstić information content (AvgIpc) is 2.36. The smallest absolute Gasteiger partial charge is 0.411 e. The minimum absolute atomic E-state index is 0.00654. The van der Waals surface area contributed by atoms with Gasteiger partial charge in [0.15, 0.2) is 0 Å². The van der Waals surface area contributed by atoms with Crippen LogP contribution in [0.2, 0.25) is 0 Å². The van der Waals surface area contributed by atoms with Gasteiger partial charge in [-0.05, 0) is 48.3 Å². The van der Waals surface area contributed by atoms with Crippen molar-refractivity contribution in [1.29, 1.82) is 0 Å². The highest BCUT2D eigenvalue weighted by Gasteiger charge is 2.33. The van der Waals surface area contributed by atoms with Crippen LogP contribution in [0.25, 0.3) is 0 Å². The van der Waals surface area contributed by atoms with Crippen molar-refractivity contribution in [3.8, 4) is 0 Å². The summed E-state index contributed by atoms with van der Waals surface area (Å²) in [6.07, 6.45) is 2.70. The van der Waals surface area contributed by atoms with Crippen LogP contribution in [0.3, 0.4) is 0 Å². The topological polar surface area (TPSA) is 64.3 Å². The van der Waals surface area contributed by atoms with Crippen LogP contribution in [-0.4, -0.2) is 12.2 Å². The molecular formula is C17H26N2O2. The Hall–Kier alpha value is -1.55. The number of nitrogens with two attached hydrogens (primary N) is 1. The van der Waals surface area contributed by atoms with Crippen molar-refractivity contribution in [2.24, 2.45) is 17.1 Å². The van der Waals surface area contributed by atoms with E-state index in [1.807, 2.05) is 24.3 Å². The lowest BCUT2D eigenvalue weighted by Gasteiger charge is -2.38. The van der Waals surface area contributed by atoms with Gasteiger partial charge in [-0.15, -0.1) is 0 Å². The Morgan fingerprint density at radius 1 is 1.33 bits per heavy atom. The largest absolute Gasteiger partial charge is 0.446 e. The van der Waals surface area contributed by atoms with Crippen LogP contribution < -0.4 is 11.1 Å². The predicted molar refractivity (Wildman–Crippen MR) is 85.0 cm³/mol. The van der Waals surface area contributed by atoms with Crippen LogP contribution in [0.5, 0.6) is 0 Å². The van der Waals surface area contributed by atoms with Crippen molar-refractivity contribution in [2.45, 2.75) is 52.7 Å². The van der Waals surface area contributed by atoms with Gasteiger partial charge in [0.1, 0.15) is 6.10 Å². The summed E-state index contributed by atoms with van der Waals surface area (Å²) in [4.78, 5) is 12.0. The number of hydrogen-bond donors (Lipinski definition) is 2. The number of rotatable bonds is 3. The molecule has 1 aliphatic carbocycles. The third kappa shape index (κ3) is 4.74. The molecule has 1 amide bonds. The van der Waals surface area contributed by atoms with E-state index in [2.05, 4.69) is 26.1 Å². The van der Waals surface area contributed by atoms with Crippen molar-refractivity contribution >= 4 is 11.8 Å². The average molecular weight is 290 g/mol. The number of benzene rings is 1. The first-order chi connectivity index (χ1) is 9.88. The first kappa shape index (κ1) is 15.8. The quantitative estimate of drug-likeness (QED) is 0.887. The van der Waals surface area contributed by atoms with Gasteiger partial charge in [-0.2, -0.15) is 0 Å². The van der Waals surface area contributed by atoms with Gasteiger partial charge in [-0.1, -0.05) is 32.9 Å². The number of ether oxygens (including phenoxy) is 1. The van der Waals surface area contributed by atoms with Crippen molar-refractivity contribution in [2.75, 3.05) is 5.32 Å². The van der Waals surface area contributed by atoms with Crippen LogP contribution in [-0.2, 0) is 11.3 Å². The van der Waals surface area contributed by atoms with Gasteiger partial charge in [0.05, 0.1) is 0 Å². The second-order valence-corrected chi connectivity index (χ2v) is 6.97. The van der Waals surface area contributed by atoms with E-state index in [4.69, 9.17) is 10.5 Å². The van der Waals surface area contributed by atoms with E-state index in [1.165, 1.54) is 6.42 Å². The molecule has 4 nitrogen and oxygen atoms in total. The molecule has 21 heavy (non-hydrogen) atoms. The molecule has 0 saturated heterocycles. The number of amides is 1. The maximum atomic E-state index is 12.0. The van der Waals surface area contributed by atoms with Gasteiger partial charge < -0.3 is 10.5 Å². The minimum atomic E-state index is -0.370. The summed E-state index contributed by atoms with van der Waals surface area (Å²) in [5, 5.41) is 2.78. The molecule has 0 heterocycles. The Morgan fingerprint density at radius 2 is 2.00 bits per heavy atom. The molecule has 1 aromatic rings. The molecule has 1 saturated carbocycles. The third-order valence-corrected chi connectivity index (χ3v) is 4.06. The van der Waals surface area contributed by atoms with Crippen LogP contribution in [0.4, 0.5) is 10.5 Å². The second-order valence-electron chi connectivity index (χ2n) is 6.97. The third-order valence-electron chi connectivity index (χ3n) is 4.06. The molecular weight excluding hydrogens is 264 g/mol. The lowest BCUT2D eigenvalue weighted by Crippen LogP contribution is -2.34. The highest BCUT2D eigenvalue weighted by Crippen LogP contribution is 2.39. The maximum Gasteiger partial charge on any atom is 0.411 e. The molecule has 1 aromatic carbocycles. The monoisotopic (exact) mass is 290 g/mol. The summed E-state index contributed by atoms with van der Waals surface area (Å²) in [5.41, 5.74) is 7.57. The normalized spacial score (nSPS) is 24.4. The summed E-state index contributed by atoms with van der Waals surface area (Å²) < 4.78 is 5.58. The molecule has 3 N–H and O–H groups in total. The number of carbonyl (C=O) groups is 1. The standard InChI is InChI=1S/C17H26N2O2/c1-12-8-15(10-17(2,3)9-12)21-16(20)19-14-6-4-13(11-18)5-7-14/h4-7,12,15H,8-11,18H2,1-3H3,(H,19,20). The van der Waals surface area contributed by atoms with Gasteiger partial charge in [0.25, 0.3) is 0 Å². The van der Waals surface area contributed by atoms with Gasteiger partial charge in [-0.3, -0.25) is 5.32 Å². The van der Waals surface area contributed by atoms with Crippen LogP contribution in [0, 0.1) is 11.3 Å². The molecule has 2 unspecified atom stereocenters. The van der Waals surface area contributed by atoms with E-state index < -0.39 is 0 Å². The van der Waals surface area contributed by atoms with E-state index in [0.717, 1.165) is 24.1 Å². The van der Waals surface area contributed by atoms with Crippen molar-refractivity contribution in [3.05, 3.63) is 29.8 Å². The number of hydrogen-bond acceptors (Lipinski definition) is 3. The molecule has 2 atom stereocenters. The molecule has 0 spiro atoms. The molecule has 0 bridgehead atoms. The zero-order valence-corrected chi connectivity index (χ0v) is 13.2. The van der Waals surface area contributed by atoms with E-state index in [1.54, 1.807) is 0 Å². The Bertz CT molecular complexity index is 482. The van der Waals surface area contributed by atoms with Crippen molar-refractivity contribution in [3.63, 3.8) is 0 Å². The van der Waals surface area contributed by atoms with Gasteiger partial charge in [-0.25, -0.2) is 4.79 Å². The van der Waals surface area contributed by atoms with E-state index >= 15 is 0 Å². The van der Waals surface area contributed by atoms with E-state index in [0.29, 0.717) is 12.5 Å². The van der Waals surface area contributed by atoms with Gasteiger partial charge in [0.2, 0.25) is 0 Å². The maximum absolute atomic E-state index is 12.0. The lowest BCUT2D eigenvalue weighted by atomic mass is 9.71. The summed E-state index contributed by atoms with van der Waals surface area (Å²) in [6.45, 7) is 7.20. The van der Waals surface area contributed by atoms with E-state index in [-0.39, 0.29) is 17.6 Å². The molecule has 1 fully saturated rings. The highest BCUT2D eigenvalue weighted by molar-refractivity contribution is 5.84. The second kappa shape index (κ2) is 6.48. The molecule has 0 aliphatic heterocycles. The summed E-state index contributed by atoms with van der Waals surface area (Å²) in [7, 11) is 0. The zero-order valence-electron chi connectivity index (χ0n) is 13.2. The molecule has 1 aliphatic rings. The fourth-order valence-corrected chi connectivity index (χ4v) is 3.37. The number of carbonyl (C=O) groups excluding carboxylic acids is 1. The Labute approximate surface area is 127 Å². The number of anilines is 1. The van der Waals surface area contributed by atoms with Crippen LogP contribution in [0.1, 0.15) is 45.6 Å². The first-order valence-corrected chi connectivity index (χ1v) is 7.64. The fraction of sp³-hybridized carbons (Fsp3) is 0.588. The van der Waals surface area contributed by atoms with Gasteiger partial charge in [0, 0.05) is 12.2 Å². The molecule has 0 aromatic heterocycles. The van der Waals surface area contributed by atoms with Crippen LogP contribution >= 0.6 is 0 Å². The summed E-state index contributed by atoms with van der Waals surface area (Å²) >= 11 is 0. The lowest BCUT2D eigenvalue weighted by molar-refractivity contribution is 0.0250. The first-order valence-electron chi connectivity index (χ1n) is 7.64. The highest BCUT2D eigenvalue weighted by atomic mass is 16.6. The Kier molecular flexibility index (Phi) is 4.88. The summed E-state index contributed by atoms with van der Waals surface area (Å²) in [6, 6.07) is 7.50. The molecule has 116 valence electrons. The molecule has 0 radical (unpaired) electrons. The van der Waals surface area contributed by atoms with Crippen molar-refractivity contribution in [1.82, 2.24) is 0 Å². The van der Waals surface area contributed by atoms with Gasteiger partial charge >= 0.3 is 6.09 Å². The van der Waals surface area contributed by atoms with Crippen LogP contribution in [0.15, 0.2) is 24.3 Å². The fourth-order valence-electron chi connectivity index (χ4n) is 3.37. The van der Waals surface area contributed by atoms with E-state index in [9.17, 15) is 4.79 Å². The predicted octanol–water partition coefficient (Wildman–Crippen LogP) is 3.91. The summed E-state index contributed by atoms with van der Waals surface area (Å²) in [5.74, 6) is 0.593. The van der Waals surface area contributed by atoms with Crippen molar-refractivity contribution < 1.29 is 9.53 Å². The Morgan fingerprint density at radius 3 is 2.57 bits per heavy atom. The Balaban J connectivity index is 1.88. The zero-order chi connectivity index (χ0) is 15.5. The SMILES string of the molecule is CC1CC(OC(=O)Nc2ccc(CN)cc2)CC(C)(C)C1. The minimum Gasteiger partial charge on any atom is -0.446 e. The molecule has 4 heteroatoms.